The fourth-order valence-corrected chi connectivity index (χ4v) is 3.44. The number of ether oxygens (including phenoxy) is 2. The Morgan fingerprint density at radius 2 is 1.74 bits per heavy atom. The molecule has 0 bridgehead atoms. The van der Waals surface area contributed by atoms with Gasteiger partial charge in [-0.15, -0.1) is 0 Å². The van der Waals surface area contributed by atoms with Crippen LogP contribution < -0.4 is 14.3 Å². The lowest BCUT2D eigenvalue weighted by Crippen LogP contribution is -2.18. The van der Waals surface area contributed by atoms with E-state index in [-0.39, 0.29) is 10.6 Å². The lowest BCUT2D eigenvalue weighted by molar-refractivity contribution is 0.0728. The van der Waals surface area contributed by atoms with Gasteiger partial charge in [-0.3, -0.25) is 0 Å². The number of rotatable bonds is 8. The molecule has 160 valence electrons. The zero-order valence-corrected chi connectivity index (χ0v) is 18.1. The average molecular weight is 459 g/mol. The van der Waals surface area contributed by atoms with E-state index in [1.807, 2.05) is 0 Å². The van der Waals surface area contributed by atoms with Crippen LogP contribution in [0.25, 0.3) is 0 Å². The molecular formula is C22H19ClN2O5S. The Bertz CT molecular complexity index is 1180. The van der Waals surface area contributed by atoms with E-state index in [2.05, 4.69) is 9.93 Å². The van der Waals surface area contributed by atoms with Crippen LogP contribution in [0.4, 0.5) is 0 Å². The molecule has 1 N–H and O–H groups in total. The normalized spacial score (nSPS) is 11.3. The van der Waals surface area contributed by atoms with Crippen molar-refractivity contribution in [3.8, 4) is 11.5 Å². The summed E-state index contributed by atoms with van der Waals surface area (Å²) >= 11 is 5.78. The summed E-state index contributed by atoms with van der Waals surface area (Å²) in [5, 5.41) is 4.22. The number of carbonyl (C=O) groups is 1. The first kappa shape index (κ1) is 22.3. The molecule has 0 aliphatic rings. The average Bonchev–Trinajstić information content (AvgIpc) is 2.76. The molecular weight excluding hydrogens is 440 g/mol. The Morgan fingerprint density at radius 1 is 1.03 bits per heavy atom. The van der Waals surface area contributed by atoms with E-state index in [0.717, 1.165) is 0 Å². The van der Waals surface area contributed by atoms with Gasteiger partial charge in [0.15, 0.2) is 11.5 Å². The predicted molar refractivity (Wildman–Crippen MR) is 118 cm³/mol. The van der Waals surface area contributed by atoms with Crippen molar-refractivity contribution in [3.63, 3.8) is 0 Å². The van der Waals surface area contributed by atoms with Crippen molar-refractivity contribution < 1.29 is 22.7 Å². The number of hydrogen-bond acceptors (Lipinski definition) is 6. The number of nitrogens with zero attached hydrogens (tertiary/aromatic N) is 1. The minimum Gasteiger partial charge on any atom is -0.490 e. The third kappa shape index (κ3) is 6.07. The highest BCUT2D eigenvalue weighted by atomic mass is 35.5. The maximum absolute atomic E-state index is 12.3. The minimum atomic E-state index is -3.83. The van der Waals surface area contributed by atoms with E-state index in [9.17, 15) is 13.2 Å². The molecule has 0 aliphatic carbocycles. The first-order chi connectivity index (χ1) is 14.9. The van der Waals surface area contributed by atoms with Crippen LogP contribution in [-0.2, 0) is 10.0 Å². The largest absolute Gasteiger partial charge is 0.490 e. The van der Waals surface area contributed by atoms with Crippen molar-refractivity contribution in [1.29, 1.82) is 0 Å². The Kier molecular flexibility index (Phi) is 7.28. The summed E-state index contributed by atoms with van der Waals surface area (Å²) in [6, 6.07) is 19.1. The van der Waals surface area contributed by atoms with Gasteiger partial charge in [-0.2, -0.15) is 13.5 Å². The summed E-state index contributed by atoms with van der Waals surface area (Å²) in [5.41, 5.74) is 0.953. The summed E-state index contributed by atoms with van der Waals surface area (Å²) in [7, 11) is -3.83. The maximum Gasteiger partial charge on any atom is 0.343 e. The van der Waals surface area contributed by atoms with Crippen molar-refractivity contribution in [3.05, 3.63) is 88.9 Å². The smallest absolute Gasteiger partial charge is 0.343 e. The highest BCUT2D eigenvalue weighted by molar-refractivity contribution is 7.89. The summed E-state index contributed by atoms with van der Waals surface area (Å²) in [4.78, 5) is 14.5. The van der Waals surface area contributed by atoms with E-state index in [1.165, 1.54) is 30.5 Å². The summed E-state index contributed by atoms with van der Waals surface area (Å²) in [6.07, 6.45) is 1.32. The van der Waals surface area contributed by atoms with E-state index in [1.54, 1.807) is 55.5 Å². The van der Waals surface area contributed by atoms with Gasteiger partial charge in [0.25, 0.3) is 10.0 Å². The summed E-state index contributed by atoms with van der Waals surface area (Å²) in [5.74, 6) is 0.0598. The molecule has 7 nitrogen and oxygen atoms in total. The molecule has 0 radical (unpaired) electrons. The van der Waals surface area contributed by atoms with Gasteiger partial charge in [-0.05, 0) is 67.1 Å². The number of benzene rings is 3. The van der Waals surface area contributed by atoms with Crippen molar-refractivity contribution in [2.24, 2.45) is 5.10 Å². The number of carbonyl (C=O) groups excluding carboxylic acids is 1. The standard InChI is InChI=1S/C22H19ClN2O5S/c1-2-29-21-14-16(8-13-20(21)30-22(26)17-6-4-3-5-7-17)15-24-25-31(27,28)19-11-9-18(23)10-12-19/h3-15,25H,2H2,1H3. The number of sulfonamides is 1. The van der Waals surface area contributed by atoms with E-state index in [4.69, 9.17) is 21.1 Å². The van der Waals surface area contributed by atoms with Crippen LogP contribution in [-0.4, -0.2) is 27.2 Å². The van der Waals surface area contributed by atoms with Gasteiger partial charge in [0.05, 0.1) is 23.3 Å². The molecule has 0 aliphatic heterocycles. The number of hydrogen-bond donors (Lipinski definition) is 1. The molecule has 3 aromatic carbocycles. The van der Waals surface area contributed by atoms with Crippen molar-refractivity contribution >= 4 is 33.8 Å². The third-order valence-electron chi connectivity index (χ3n) is 3.99. The molecule has 0 amide bonds. The molecule has 0 aromatic heterocycles. The van der Waals surface area contributed by atoms with E-state index >= 15 is 0 Å². The minimum absolute atomic E-state index is 0.0345. The Hall–Kier alpha value is -3.36. The quantitative estimate of drug-likeness (QED) is 0.235. The topological polar surface area (TPSA) is 94.1 Å². The van der Waals surface area contributed by atoms with E-state index < -0.39 is 16.0 Å². The van der Waals surface area contributed by atoms with Crippen LogP contribution in [0.3, 0.4) is 0 Å². The second kappa shape index (κ2) is 10.1. The second-order valence-electron chi connectivity index (χ2n) is 6.20. The Balaban J connectivity index is 1.74. The monoisotopic (exact) mass is 458 g/mol. The molecule has 3 aromatic rings. The first-order valence-corrected chi connectivity index (χ1v) is 11.1. The molecule has 0 spiro atoms. The summed E-state index contributed by atoms with van der Waals surface area (Å²) < 4.78 is 35.5. The van der Waals surface area contributed by atoms with Crippen LogP contribution in [0.5, 0.6) is 11.5 Å². The van der Waals surface area contributed by atoms with Gasteiger partial charge in [-0.1, -0.05) is 29.8 Å². The number of hydrazone groups is 1. The van der Waals surface area contributed by atoms with Gasteiger partial charge in [0.1, 0.15) is 0 Å². The van der Waals surface area contributed by atoms with Gasteiger partial charge in [0.2, 0.25) is 0 Å². The van der Waals surface area contributed by atoms with Crippen LogP contribution in [0.15, 0.2) is 82.8 Å². The lowest BCUT2D eigenvalue weighted by Gasteiger charge is -2.11. The first-order valence-electron chi connectivity index (χ1n) is 9.23. The maximum atomic E-state index is 12.3. The third-order valence-corrected chi connectivity index (χ3v) is 5.48. The van der Waals surface area contributed by atoms with Crippen molar-refractivity contribution in [1.82, 2.24) is 4.83 Å². The highest BCUT2D eigenvalue weighted by Gasteiger charge is 2.14. The molecule has 31 heavy (non-hydrogen) atoms. The number of nitrogens with one attached hydrogen (secondary N) is 1. The lowest BCUT2D eigenvalue weighted by atomic mass is 10.2. The molecule has 0 atom stereocenters. The molecule has 3 rings (SSSR count). The van der Waals surface area contributed by atoms with E-state index in [0.29, 0.717) is 28.5 Å². The molecule has 9 heteroatoms. The zero-order valence-electron chi connectivity index (χ0n) is 16.5. The SMILES string of the molecule is CCOc1cc(C=NNS(=O)(=O)c2ccc(Cl)cc2)ccc1OC(=O)c1ccccc1. The molecule has 0 heterocycles. The van der Waals surface area contributed by atoms with Crippen LogP contribution in [0.1, 0.15) is 22.8 Å². The van der Waals surface area contributed by atoms with Crippen molar-refractivity contribution in [2.75, 3.05) is 6.61 Å². The van der Waals surface area contributed by atoms with Crippen LogP contribution >= 0.6 is 11.6 Å². The molecule has 0 unspecified atom stereocenters. The molecule has 0 saturated heterocycles. The summed E-state index contributed by atoms with van der Waals surface area (Å²) in [6.45, 7) is 2.14. The zero-order chi connectivity index (χ0) is 22.3. The van der Waals surface area contributed by atoms with Gasteiger partial charge in [0, 0.05) is 5.02 Å². The Morgan fingerprint density at radius 3 is 2.42 bits per heavy atom. The van der Waals surface area contributed by atoms with Crippen LogP contribution in [0, 0.1) is 0 Å². The predicted octanol–water partition coefficient (Wildman–Crippen LogP) is 4.27. The van der Waals surface area contributed by atoms with Gasteiger partial charge < -0.3 is 9.47 Å². The van der Waals surface area contributed by atoms with Gasteiger partial charge in [-0.25, -0.2) is 9.63 Å². The number of halogens is 1. The molecule has 0 fully saturated rings. The highest BCUT2D eigenvalue weighted by Crippen LogP contribution is 2.29. The van der Waals surface area contributed by atoms with Crippen LogP contribution in [0.2, 0.25) is 5.02 Å². The Labute approximate surface area is 185 Å². The van der Waals surface area contributed by atoms with Crippen molar-refractivity contribution in [2.45, 2.75) is 11.8 Å². The van der Waals surface area contributed by atoms with Gasteiger partial charge >= 0.3 is 5.97 Å². The second-order valence-corrected chi connectivity index (χ2v) is 8.30. The fraction of sp³-hybridized carbons (Fsp3) is 0.0909. The number of esters is 1. The fourth-order valence-electron chi connectivity index (χ4n) is 2.53. The molecule has 0 saturated carbocycles.